The van der Waals surface area contributed by atoms with Crippen LogP contribution in [0.2, 0.25) is 0 Å². The minimum Gasteiger partial charge on any atom is -0.492 e. The zero-order chi connectivity index (χ0) is 24.7. The third kappa shape index (κ3) is 6.36. The summed E-state index contributed by atoms with van der Waals surface area (Å²) in [6, 6.07) is 7.75. The minimum atomic E-state index is -0.446. The molecule has 0 aliphatic rings. The first-order valence-electron chi connectivity index (χ1n) is 12.0. The van der Waals surface area contributed by atoms with Gasteiger partial charge in [0.15, 0.2) is 11.2 Å². The number of imidazole rings is 1. The highest BCUT2D eigenvalue weighted by Gasteiger charge is 2.19. The van der Waals surface area contributed by atoms with Crippen molar-refractivity contribution in [1.29, 1.82) is 0 Å². The maximum Gasteiger partial charge on any atom is 0.330 e. The molecule has 0 unspecified atom stereocenters. The van der Waals surface area contributed by atoms with Gasteiger partial charge in [-0.2, -0.15) is 0 Å². The highest BCUT2D eigenvalue weighted by molar-refractivity contribution is 5.76. The third-order valence-corrected chi connectivity index (χ3v) is 5.54. The lowest BCUT2D eigenvalue weighted by Gasteiger charge is -2.12. The number of nitrogens with zero attached hydrogens (tertiary/aromatic N) is 3. The van der Waals surface area contributed by atoms with Crippen LogP contribution < -0.4 is 21.3 Å². The fourth-order valence-electron chi connectivity index (χ4n) is 3.80. The molecule has 0 saturated heterocycles. The second kappa shape index (κ2) is 11.7. The number of hydrogen-bond acceptors (Lipinski definition) is 5. The summed E-state index contributed by atoms with van der Waals surface area (Å²) in [5, 5.41) is 2.86. The predicted molar refractivity (Wildman–Crippen MR) is 132 cm³/mol. The Morgan fingerprint density at radius 3 is 2.59 bits per heavy atom. The van der Waals surface area contributed by atoms with Crippen LogP contribution in [0.4, 0.5) is 0 Å². The van der Waals surface area contributed by atoms with Gasteiger partial charge in [-0.3, -0.25) is 19.1 Å². The molecule has 2 aromatic heterocycles. The Kier molecular flexibility index (Phi) is 8.67. The Hall–Kier alpha value is -3.36. The third-order valence-electron chi connectivity index (χ3n) is 5.54. The summed E-state index contributed by atoms with van der Waals surface area (Å²) in [5.74, 6) is 1.55. The molecule has 0 aliphatic heterocycles. The number of amides is 1. The van der Waals surface area contributed by atoms with E-state index in [4.69, 9.17) is 4.74 Å². The lowest BCUT2D eigenvalue weighted by Crippen LogP contribution is -2.31. The maximum atomic E-state index is 12.7. The Balaban J connectivity index is 1.69. The van der Waals surface area contributed by atoms with Crippen molar-refractivity contribution < 1.29 is 9.53 Å². The second-order valence-corrected chi connectivity index (χ2v) is 8.98. The van der Waals surface area contributed by atoms with Gasteiger partial charge in [0.25, 0.3) is 5.56 Å². The lowest BCUT2D eigenvalue weighted by atomic mass is 10.2. The van der Waals surface area contributed by atoms with Gasteiger partial charge in [-0.25, -0.2) is 9.78 Å². The van der Waals surface area contributed by atoms with Crippen molar-refractivity contribution in [1.82, 2.24) is 24.4 Å². The number of nitrogens with one attached hydrogen (secondary N) is 2. The highest BCUT2D eigenvalue weighted by atomic mass is 16.5. The molecule has 0 saturated carbocycles. The molecule has 0 radical (unpaired) electrons. The van der Waals surface area contributed by atoms with Gasteiger partial charge in [0.1, 0.15) is 18.2 Å². The summed E-state index contributed by atoms with van der Waals surface area (Å²) in [4.78, 5) is 44.6. The van der Waals surface area contributed by atoms with Crippen LogP contribution in [-0.4, -0.2) is 38.2 Å². The largest absolute Gasteiger partial charge is 0.492 e. The van der Waals surface area contributed by atoms with Gasteiger partial charge in [-0.15, -0.1) is 0 Å². The number of carbonyl (C=O) groups is 1. The molecule has 2 N–H and O–H groups in total. The van der Waals surface area contributed by atoms with Crippen LogP contribution in [-0.2, 0) is 24.3 Å². The molecule has 0 atom stereocenters. The van der Waals surface area contributed by atoms with Crippen LogP contribution in [0.15, 0.2) is 33.9 Å². The van der Waals surface area contributed by atoms with Crippen molar-refractivity contribution in [3.8, 4) is 5.75 Å². The molecule has 0 fully saturated rings. The molecule has 3 aromatic rings. The van der Waals surface area contributed by atoms with Gasteiger partial charge in [-0.05, 0) is 31.4 Å². The van der Waals surface area contributed by atoms with E-state index in [2.05, 4.69) is 29.1 Å². The van der Waals surface area contributed by atoms with Crippen molar-refractivity contribution in [2.45, 2.75) is 66.5 Å². The lowest BCUT2D eigenvalue weighted by molar-refractivity contribution is -0.121. The van der Waals surface area contributed by atoms with Crippen LogP contribution in [0, 0.1) is 12.8 Å². The van der Waals surface area contributed by atoms with Gasteiger partial charge in [0, 0.05) is 25.9 Å². The molecule has 1 aromatic carbocycles. The summed E-state index contributed by atoms with van der Waals surface area (Å²) in [7, 11) is 0. The molecule has 3 rings (SSSR count). The van der Waals surface area contributed by atoms with Gasteiger partial charge in [0.05, 0.1) is 6.54 Å². The van der Waals surface area contributed by atoms with Crippen LogP contribution in [0.3, 0.4) is 0 Å². The summed E-state index contributed by atoms with van der Waals surface area (Å²) in [6.07, 6.45) is 2.32. The number of aryl methyl sites for hydroxylation is 3. The van der Waals surface area contributed by atoms with E-state index >= 15 is 0 Å². The maximum absolute atomic E-state index is 12.7. The zero-order valence-corrected chi connectivity index (χ0v) is 20.5. The van der Waals surface area contributed by atoms with Crippen molar-refractivity contribution >= 4 is 17.1 Å². The number of fused-ring (bicyclic) bond motifs is 1. The number of rotatable bonds is 12. The molecule has 1 amide bonds. The normalized spacial score (nSPS) is 11.3. The molecular weight excluding hydrogens is 434 g/mol. The number of unbranched alkanes of at least 4 members (excludes halogenated alkanes) is 1. The first-order valence-corrected chi connectivity index (χ1v) is 12.0. The predicted octanol–water partition coefficient (Wildman–Crippen LogP) is 2.78. The molecule has 0 aliphatic carbocycles. The molecule has 0 bridgehead atoms. The zero-order valence-electron chi connectivity index (χ0n) is 20.5. The van der Waals surface area contributed by atoms with Crippen LogP contribution in [0.1, 0.15) is 51.4 Å². The van der Waals surface area contributed by atoms with E-state index in [1.165, 1.54) is 4.57 Å². The summed E-state index contributed by atoms with van der Waals surface area (Å²) < 4.78 is 9.03. The summed E-state index contributed by atoms with van der Waals surface area (Å²) >= 11 is 0. The highest BCUT2D eigenvalue weighted by Crippen LogP contribution is 2.16. The Morgan fingerprint density at radius 1 is 1.18 bits per heavy atom. The van der Waals surface area contributed by atoms with Gasteiger partial charge in [0.2, 0.25) is 5.91 Å². The van der Waals surface area contributed by atoms with Gasteiger partial charge in [-0.1, -0.05) is 44.9 Å². The van der Waals surface area contributed by atoms with E-state index in [1.807, 2.05) is 42.7 Å². The van der Waals surface area contributed by atoms with Crippen LogP contribution >= 0.6 is 0 Å². The molecule has 0 spiro atoms. The fraction of sp³-hybridized carbons (Fsp3) is 0.520. The van der Waals surface area contributed by atoms with E-state index in [0.717, 1.165) is 24.2 Å². The standard InChI is InChI=1S/C25H35N5O4/c1-5-6-14-29-23-22(24(32)28-25(29)33)30(16-17(2)3)20(27-23)11-12-21(31)26-13-15-34-19-9-7-18(4)8-10-19/h7-10,17H,5-6,11-16H2,1-4H3,(H,26,31)(H,28,32,33). The van der Waals surface area contributed by atoms with Gasteiger partial charge >= 0.3 is 5.69 Å². The van der Waals surface area contributed by atoms with Crippen LogP contribution in [0.25, 0.3) is 11.2 Å². The van der Waals surface area contributed by atoms with Crippen molar-refractivity contribution in [2.75, 3.05) is 13.2 Å². The number of aromatic amines is 1. The van der Waals surface area contributed by atoms with Gasteiger partial charge < -0.3 is 14.6 Å². The average molecular weight is 470 g/mol. The summed E-state index contributed by atoms with van der Waals surface area (Å²) in [6.45, 7) is 10.00. The number of hydrogen-bond donors (Lipinski definition) is 2. The molecule has 2 heterocycles. The molecule has 9 nitrogen and oxygen atoms in total. The fourth-order valence-corrected chi connectivity index (χ4v) is 3.80. The quantitative estimate of drug-likeness (QED) is 0.396. The van der Waals surface area contributed by atoms with E-state index in [9.17, 15) is 14.4 Å². The SMILES string of the molecule is CCCCn1c(=O)[nH]c(=O)c2c1nc(CCC(=O)NCCOc1ccc(C)cc1)n2CC(C)C. The van der Waals surface area contributed by atoms with Crippen molar-refractivity contribution in [3.63, 3.8) is 0 Å². The van der Waals surface area contributed by atoms with Crippen molar-refractivity contribution in [3.05, 3.63) is 56.5 Å². The first kappa shape index (κ1) is 25.3. The smallest absolute Gasteiger partial charge is 0.330 e. The van der Waals surface area contributed by atoms with Crippen molar-refractivity contribution in [2.24, 2.45) is 5.92 Å². The topological polar surface area (TPSA) is 111 Å². The number of aromatic nitrogens is 4. The van der Waals surface area contributed by atoms with E-state index in [0.29, 0.717) is 49.7 Å². The number of ether oxygens (including phenoxy) is 1. The number of benzene rings is 1. The second-order valence-electron chi connectivity index (χ2n) is 8.98. The Bertz CT molecular complexity index is 1220. The molecule has 9 heteroatoms. The first-order chi connectivity index (χ1) is 16.3. The van der Waals surface area contributed by atoms with E-state index in [1.54, 1.807) is 0 Å². The van der Waals surface area contributed by atoms with E-state index < -0.39 is 11.2 Å². The summed E-state index contributed by atoms with van der Waals surface area (Å²) in [5.41, 5.74) is 1.06. The number of carbonyl (C=O) groups excluding carboxylic acids is 1. The Morgan fingerprint density at radius 2 is 1.91 bits per heavy atom. The number of H-pyrrole nitrogens is 1. The molecule has 34 heavy (non-hydrogen) atoms. The Labute approximate surface area is 199 Å². The average Bonchev–Trinajstić information content (AvgIpc) is 3.14. The minimum absolute atomic E-state index is 0.118. The van der Waals surface area contributed by atoms with E-state index in [-0.39, 0.29) is 18.2 Å². The van der Waals surface area contributed by atoms with Crippen LogP contribution in [0.5, 0.6) is 5.75 Å². The monoisotopic (exact) mass is 469 g/mol. The molecular formula is C25H35N5O4. The molecule has 184 valence electrons.